The highest BCUT2D eigenvalue weighted by Gasteiger charge is 2.30. The van der Waals surface area contributed by atoms with E-state index < -0.39 is 11.9 Å². The summed E-state index contributed by atoms with van der Waals surface area (Å²) in [6, 6.07) is 9.04. The summed E-state index contributed by atoms with van der Waals surface area (Å²) >= 11 is 0. The monoisotopic (exact) mass is 345 g/mol. The molecule has 25 heavy (non-hydrogen) atoms. The van der Waals surface area contributed by atoms with Gasteiger partial charge in [0.1, 0.15) is 12.4 Å². The summed E-state index contributed by atoms with van der Waals surface area (Å²) in [7, 11) is 0. The Bertz CT molecular complexity index is 733. The molecular weight excluding hydrogens is 326 g/mol. The van der Waals surface area contributed by atoms with Crippen molar-refractivity contribution in [2.24, 2.45) is 5.92 Å². The molecular formula is C16H19N5O4. The van der Waals surface area contributed by atoms with Crippen LogP contribution in [0.5, 0.6) is 5.75 Å². The Labute approximate surface area is 144 Å². The maximum absolute atomic E-state index is 12.0. The molecule has 3 rings (SSSR count). The second kappa shape index (κ2) is 7.65. The number of urea groups is 1. The number of para-hydroxylation sites is 1. The van der Waals surface area contributed by atoms with Crippen LogP contribution in [0.1, 0.15) is 18.1 Å². The van der Waals surface area contributed by atoms with E-state index in [0.29, 0.717) is 24.6 Å². The van der Waals surface area contributed by atoms with Gasteiger partial charge in [-0.3, -0.25) is 9.89 Å². The number of carboxylic acids is 1. The summed E-state index contributed by atoms with van der Waals surface area (Å²) in [5.74, 6) is 0.369. The van der Waals surface area contributed by atoms with E-state index in [2.05, 4.69) is 20.5 Å². The van der Waals surface area contributed by atoms with Crippen LogP contribution in [0.2, 0.25) is 0 Å². The van der Waals surface area contributed by atoms with Crippen LogP contribution in [0, 0.1) is 5.92 Å². The smallest absolute Gasteiger partial charge is 0.317 e. The number of aromatic amines is 1. The first kappa shape index (κ1) is 16.7. The highest BCUT2D eigenvalue weighted by Crippen LogP contribution is 2.16. The summed E-state index contributed by atoms with van der Waals surface area (Å²) < 4.78 is 5.56. The third kappa shape index (κ3) is 4.46. The Balaban J connectivity index is 1.44. The number of benzene rings is 1. The van der Waals surface area contributed by atoms with Crippen LogP contribution in [0.3, 0.4) is 0 Å². The number of H-pyrrole nitrogens is 1. The molecule has 1 unspecified atom stereocenters. The molecule has 9 nitrogen and oxygen atoms in total. The Kier molecular flexibility index (Phi) is 5.12. The number of carbonyl (C=O) groups is 2. The molecule has 1 fully saturated rings. The second-order valence-corrected chi connectivity index (χ2v) is 5.73. The zero-order valence-electron chi connectivity index (χ0n) is 13.5. The number of nitrogens with zero attached hydrogens (tertiary/aromatic N) is 3. The van der Waals surface area contributed by atoms with Crippen molar-refractivity contribution in [1.29, 1.82) is 0 Å². The second-order valence-electron chi connectivity index (χ2n) is 5.73. The zero-order chi connectivity index (χ0) is 17.6. The molecule has 0 radical (unpaired) electrons. The molecule has 0 bridgehead atoms. The molecule has 3 N–H and O–H groups in total. The molecule has 1 saturated heterocycles. The van der Waals surface area contributed by atoms with Crippen molar-refractivity contribution >= 4 is 12.0 Å². The Morgan fingerprint density at radius 2 is 2.16 bits per heavy atom. The number of amides is 2. The van der Waals surface area contributed by atoms with Crippen LogP contribution < -0.4 is 10.1 Å². The lowest BCUT2D eigenvalue weighted by Gasteiger charge is -2.15. The largest absolute Gasteiger partial charge is 0.486 e. The minimum absolute atomic E-state index is 0.162. The van der Waals surface area contributed by atoms with Crippen LogP contribution >= 0.6 is 0 Å². The predicted molar refractivity (Wildman–Crippen MR) is 86.7 cm³/mol. The van der Waals surface area contributed by atoms with Gasteiger partial charge in [-0.15, -0.1) is 0 Å². The summed E-state index contributed by atoms with van der Waals surface area (Å²) in [4.78, 5) is 28.7. The van der Waals surface area contributed by atoms with Crippen molar-refractivity contribution in [1.82, 2.24) is 25.4 Å². The Morgan fingerprint density at radius 3 is 2.88 bits per heavy atom. The van der Waals surface area contributed by atoms with Gasteiger partial charge in [-0.25, -0.2) is 9.78 Å². The zero-order valence-corrected chi connectivity index (χ0v) is 13.5. The fraction of sp³-hybridized carbons (Fsp3) is 0.375. The molecule has 1 atom stereocenters. The van der Waals surface area contributed by atoms with Gasteiger partial charge in [-0.05, 0) is 18.6 Å². The van der Waals surface area contributed by atoms with Crippen LogP contribution in [-0.4, -0.2) is 50.3 Å². The Hall–Kier alpha value is -3.10. The first-order valence-electron chi connectivity index (χ1n) is 7.95. The summed E-state index contributed by atoms with van der Waals surface area (Å²) in [5.41, 5.74) is 0. The summed E-state index contributed by atoms with van der Waals surface area (Å²) in [5, 5.41) is 18.4. The number of aliphatic carboxylic acids is 1. The number of hydrogen-bond acceptors (Lipinski definition) is 5. The molecule has 1 aromatic heterocycles. The maximum Gasteiger partial charge on any atom is 0.317 e. The summed E-state index contributed by atoms with van der Waals surface area (Å²) in [6.45, 7) is 1.07. The molecule has 9 heteroatoms. The number of ether oxygens (including phenoxy) is 1. The maximum atomic E-state index is 12.0. The van der Waals surface area contributed by atoms with Gasteiger partial charge < -0.3 is 20.1 Å². The van der Waals surface area contributed by atoms with Gasteiger partial charge >= 0.3 is 12.0 Å². The number of carbonyl (C=O) groups excluding carboxylic acids is 1. The lowest BCUT2D eigenvalue weighted by atomic mass is 10.1. The average molecular weight is 345 g/mol. The van der Waals surface area contributed by atoms with Gasteiger partial charge in [0.2, 0.25) is 0 Å². The van der Waals surface area contributed by atoms with Crippen molar-refractivity contribution in [2.45, 2.75) is 19.6 Å². The molecule has 0 aliphatic carbocycles. The van der Waals surface area contributed by atoms with E-state index in [-0.39, 0.29) is 25.7 Å². The van der Waals surface area contributed by atoms with Gasteiger partial charge in [0, 0.05) is 13.1 Å². The van der Waals surface area contributed by atoms with E-state index >= 15 is 0 Å². The van der Waals surface area contributed by atoms with Gasteiger partial charge in [0.25, 0.3) is 0 Å². The SMILES string of the molecule is O=C(O)C1CCN(C(=O)NCc2n[nH]c(COc3ccccc3)n2)C1. The highest BCUT2D eigenvalue weighted by molar-refractivity contribution is 5.77. The van der Waals surface area contributed by atoms with E-state index in [1.165, 1.54) is 4.90 Å². The number of nitrogens with one attached hydrogen (secondary N) is 2. The first-order chi connectivity index (χ1) is 12.1. The van der Waals surface area contributed by atoms with Crippen LogP contribution in [0.15, 0.2) is 30.3 Å². The first-order valence-corrected chi connectivity index (χ1v) is 7.95. The van der Waals surface area contributed by atoms with Crippen molar-refractivity contribution in [3.8, 4) is 5.75 Å². The third-order valence-electron chi connectivity index (χ3n) is 3.92. The molecule has 1 aliphatic heterocycles. The average Bonchev–Trinajstić information content (AvgIpc) is 3.28. The normalized spacial score (nSPS) is 16.6. The third-order valence-corrected chi connectivity index (χ3v) is 3.92. The van der Waals surface area contributed by atoms with Crippen molar-refractivity contribution in [3.63, 3.8) is 0 Å². The van der Waals surface area contributed by atoms with Crippen molar-refractivity contribution in [2.75, 3.05) is 13.1 Å². The van der Waals surface area contributed by atoms with E-state index in [0.717, 1.165) is 5.75 Å². The van der Waals surface area contributed by atoms with E-state index in [4.69, 9.17) is 9.84 Å². The van der Waals surface area contributed by atoms with Crippen molar-refractivity contribution < 1.29 is 19.4 Å². The number of likely N-dealkylation sites (tertiary alicyclic amines) is 1. The molecule has 2 aromatic rings. The lowest BCUT2D eigenvalue weighted by Crippen LogP contribution is -2.38. The molecule has 1 aromatic carbocycles. The number of rotatable bonds is 6. The van der Waals surface area contributed by atoms with Gasteiger partial charge in [-0.2, -0.15) is 5.10 Å². The van der Waals surface area contributed by atoms with Crippen molar-refractivity contribution in [3.05, 3.63) is 42.0 Å². The van der Waals surface area contributed by atoms with E-state index in [1.807, 2.05) is 30.3 Å². The van der Waals surface area contributed by atoms with Crippen LogP contribution in [0.4, 0.5) is 4.79 Å². The lowest BCUT2D eigenvalue weighted by molar-refractivity contribution is -0.141. The molecule has 2 heterocycles. The van der Waals surface area contributed by atoms with Crippen LogP contribution in [-0.2, 0) is 17.9 Å². The van der Waals surface area contributed by atoms with E-state index in [9.17, 15) is 9.59 Å². The molecule has 2 amide bonds. The molecule has 0 spiro atoms. The standard InChI is InChI=1S/C16H19N5O4/c22-15(23)11-6-7-21(9-11)16(24)17-8-13-18-14(20-19-13)10-25-12-4-2-1-3-5-12/h1-5,11H,6-10H2,(H,17,24)(H,22,23)(H,18,19,20). The van der Waals surface area contributed by atoms with Gasteiger partial charge in [0.15, 0.2) is 11.6 Å². The quantitative estimate of drug-likeness (QED) is 0.718. The minimum Gasteiger partial charge on any atom is -0.486 e. The molecule has 1 aliphatic rings. The van der Waals surface area contributed by atoms with E-state index in [1.54, 1.807) is 0 Å². The fourth-order valence-electron chi connectivity index (χ4n) is 2.56. The van der Waals surface area contributed by atoms with Crippen LogP contribution in [0.25, 0.3) is 0 Å². The Morgan fingerprint density at radius 1 is 1.36 bits per heavy atom. The highest BCUT2D eigenvalue weighted by atomic mass is 16.5. The molecule has 0 saturated carbocycles. The predicted octanol–water partition coefficient (Wildman–Crippen LogP) is 1.000. The number of hydrogen-bond donors (Lipinski definition) is 3. The minimum atomic E-state index is -0.868. The van der Waals surface area contributed by atoms with Gasteiger partial charge in [0.05, 0.1) is 12.5 Å². The number of aromatic nitrogens is 3. The summed E-state index contributed by atoms with van der Waals surface area (Å²) in [6.07, 6.45) is 0.477. The fourth-order valence-corrected chi connectivity index (χ4v) is 2.56. The number of carboxylic acid groups (broad SMARTS) is 1. The van der Waals surface area contributed by atoms with Gasteiger partial charge in [-0.1, -0.05) is 18.2 Å². The molecule has 132 valence electrons. The topological polar surface area (TPSA) is 120 Å².